The molecular weight excluding hydrogens is 254 g/mol. The molecule has 0 amide bonds. The van der Waals surface area contributed by atoms with Gasteiger partial charge >= 0.3 is 0 Å². The molecule has 0 aliphatic rings. The summed E-state index contributed by atoms with van der Waals surface area (Å²) in [7, 11) is 0. The van der Waals surface area contributed by atoms with Gasteiger partial charge in [-0.25, -0.2) is 4.90 Å². The van der Waals surface area contributed by atoms with Crippen LogP contribution in [0, 0.1) is 0 Å². The first-order chi connectivity index (χ1) is 9.08. The molecule has 0 rings (SSSR count). The highest BCUT2D eigenvalue weighted by molar-refractivity contribution is 4.64. The Balaban J connectivity index is 4.50. The zero-order valence-corrected chi connectivity index (χ0v) is 12.0. The average Bonchev–Trinajstić information content (AvgIpc) is 2.40. The second-order valence-electron chi connectivity index (χ2n) is 4.03. The van der Waals surface area contributed by atoms with Crippen molar-refractivity contribution < 1.29 is 29.5 Å². The van der Waals surface area contributed by atoms with Crippen LogP contribution in [-0.4, -0.2) is 78.5 Å². The van der Waals surface area contributed by atoms with Crippen molar-refractivity contribution in [2.45, 2.75) is 39.5 Å². The van der Waals surface area contributed by atoms with Gasteiger partial charge in [0.2, 0.25) is 0 Å². The molecule has 19 heavy (non-hydrogen) atoms. The highest BCUT2D eigenvalue weighted by atomic mass is 16.6. The van der Waals surface area contributed by atoms with Gasteiger partial charge in [-0.15, -0.1) is 0 Å². The number of aliphatic hydroxyl groups excluding tert-OH is 3. The molecule has 7 nitrogen and oxygen atoms in total. The van der Waals surface area contributed by atoms with Crippen LogP contribution in [0.1, 0.15) is 20.8 Å². The molecule has 116 valence electrons. The fraction of sp³-hybridized carbons (Fsp3) is 1.00. The van der Waals surface area contributed by atoms with E-state index < -0.39 is 0 Å². The van der Waals surface area contributed by atoms with E-state index in [1.807, 2.05) is 25.7 Å². The van der Waals surface area contributed by atoms with Crippen molar-refractivity contribution in [3.05, 3.63) is 0 Å². The lowest BCUT2D eigenvalue weighted by atomic mass is 10.4. The molecule has 0 aromatic heterocycles. The molecule has 3 unspecified atom stereocenters. The average molecular weight is 281 g/mol. The van der Waals surface area contributed by atoms with Crippen molar-refractivity contribution in [2.75, 3.05) is 39.6 Å². The van der Waals surface area contributed by atoms with Crippen LogP contribution in [0.25, 0.3) is 0 Å². The van der Waals surface area contributed by atoms with Crippen LogP contribution < -0.4 is 0 Å². The fourth-order valence-electron chi connectivity index (χ4n) is 1.81. The summed E-state index contributed by atoms with van der Waals surface area (Å²) in [5, 5.41) is 26.4. The normalized spacial score (nSPS) is 16.6. The Morgan fingerprint density at radius 1 is 0.684 bits per heavy atom. The van der Waals surface area contributed by atoms with Gasteiger partial charge in [0.05, 0.1) is 39.6 Å². The first-order valence-electron chi connectivity index (χ1n) is 6.53. The maximum Gasteiger partial charge on any atom is 0.111 e. The summed E-state index contributed by atoms with van der Waals surface area (Å²) in [6.07, 6.45) is -0.974. The maximum atomic E-state index is 8.78. The molecule has 0 aromatic carbocycles. The van der Waals surface area contributed by atoms with E-state index in [0.29, 0.717) is 0 Å². The molecular formula is C12H27NO6. The van der Waals surface area contributed by atoms with Crippen molar-refractivity contribution in [1.82, 2.24) is 4.90 Å². The molecule has 3 atom stereocenters. The minimum Gasteiger partial charge on any atom is -0.394 e. The van der Waals surface area contributed by atoms with Crippen LogP contribution in [0.2, 0.25) is 0 Å². The van der Waals surface area contributed by atoms with Gasteiger partial charge < -0.3 is 29.5 Å². The lowest BCUT2D eigenvalue weighted by molar-refractivity contribution is -0.214. The summed E-state index contributed by atoms with van der Waals surface area (Å²) in [6, 6.07) is 0. The molecule has 0 heterocycles. The van der Waals surface area contributed by atoms with Crippen molar-refractivity contribution in [3.63, 3.8) is 0 Å². The van der Waals surface area contributed by atoms with Crippen LogP contribution in [-0.2, 0) is 14.2 Å². The smallest absolute Gasteiger partial charge is 0.111 e. The molecule has 0 spiro atoms. The van der Waals surface area contributed by atoms with Gasteiger partial charge in [-0.2, -0.15) is 0 Å². The zero-order valence-electron chi connectivity index (χ0n) is 12.0. The summed E-state index contributed by atoms with van der Waals surface area (Å²) in [4.78, 5) is 1.82. The van der Waals surface area contributed by atoms with Crippen molar-refractivity contribution in [3.8, 4) is 0 Å². The van der Waals surface area contributed by atoms with Crippen LogP contribution in [0.15, 0.2) is 0 Å². The van der Waals surface area contributed by atoms with E-state index in [4.69, 9.17) is 29.5 Å². The third-order valence-corrected chi connectivity index (χ3v) is 2.61. The van der Waals surface area contributed by atoms with E-state index in [1.165, 1.54) is 0 Å². The van der Waals surface area contributed by atoms with Gasteiger partial charge in [0.15, 0.2) is 0 Å². The lowest BCUT2D eigenvalue weighted by Gasteiger charge is -2.38. The van der Waals surface area contributed by atoms with Crippen molar-refractivity contribution >= 4 is 0 Å². The van der Waals surface area contributed by atoms with Crippen LogP contribution in [0.3, 0.4) is 0 Å². The molecule has 0 saturated carbocycles. The molecule has 7 heteroatoms. The van der Waals surface area contributed by atoms with Gasteiger partial charge in [-0.3, -0.25) is 0 Å². The van der Waals surface area contributed by atoms with E-state index in [1.54, 1.807) is 0 Å². The van der Waals surface area contributed by atoms with E-state index >= 15 is 0 Å². The van der Waals surface area contributed by atoms with Crippen LogP contribution in [0.5, 0.6) is 0 Å². The van der Waals surface area contributed by atoms with E-state index in [2.05, 4.69) is 0 Å². The van der Waals surface area contributed by atoms with Gasteiger partial charge in [-0.1, -0.05) is 0 Å². The summed E-state index contributed by atoms with van der Waals surface area (Å²) >= 11 is 0. The molecule has 0 fully saturated rings. The topological polar surface area (TPSA) is 91.6 Å². The number of rotatable bonds is 12. The minimum absolute atomic E-state index is 0.0596. The first-order valence-corrected chi connectivity index (χ1v) is 6.53. The van der Waals surface area contributed by atoms with E-state index in [9.17, 15) is 0 Å². The highest BCUT2D eigenvalue weighted by Gasteiger charge is 2.27. The summed E-state index contributed by atoms with van der Waals surface area (Å²) in [5.41, 5.74) is 0. The van der Waals surface area contributed by atoms with E-state index in [-0.39, 0.29) is 58.3 Å². The largest absolute Gasteiger partial charge is 0.394 e. The summed E-state index contributed by atoms with van der Waals surface area (Å²) < 4.78 is 16.3. The minimum atomic E-state index is -0.325. The number of hydrogen-bond acceptors (Lipinski definition) is 7. The Morgan fingerprint density at radius 3 is 1.16 bits per heavy atom. The Kier molecular flexibility index (Phi) is 11.4. The third-order valence-electron chi connectivity index (χ3n) is 2.61. The van der Waals surface area contributed by atoms with E-state index in [0.717, 1.165) is 0 Å². The maximum absolute atomic E-state index is 8.78. The summed E-state index contributed by atoms with van der Waals surface area (Å²) in [6.45, 7) is 5.96. The number of ether oxygens (including phenoxy) is 3. The number of nitrogens with zero attached hydrogens (tertiary/aromatic N) is 1. The second kappa shape index (κ2) is 11.5. The molecule has 0 saturated heterocycles. The fourth-order valence-corrected chi connectivity index (χ4v) is 1.81. The predicted octanol–water partition coefficient (Wildman–Crippen LogP) is -0.647. The zero-order chi connectivity index (χ0) is 14.7. The number of hydrogen-bond donors (Lipinski definition) is 3. The van der Waals surface area contributed by atoms with Gasteiger partial charge in [0.1, 0.15) is 18.7 Å². The predicted molar refractivity (Wildman–Crippen MR) is 69.3 cm³/mol. The highest BCUT2D eigenvalue weighted by Crippen LogP contribution is 2.14. The van der Waals surface area contributed by atoms with Crippen LogP contribution >= 0.6 is 0 Å². The van der Waals surface area contributed by atoms with Crippen LogP contribution in [0.4, 0.5) is 0 Å². The quantitative estimate of drug-likeness (QED) is 0.410. The standard InChI is InChI=1S/C12H27NO6/c1-10(17-7-4-14)13(11(2)18-8-5-15)12(3)19-9-6-16/h10-12,14-16H,4-9H2,1-3H3. The van der Waals surface area contributed by atoms with Gasteiger partial charge in [0.25, 0.3) is 0 Å². The molecule has 0 aliphatic carbocycles. The number of aliphatic hydroxyl groups is 3. The summed E-state index contributed by atoms with van der Waals surface area (Å²) in [5.74, 6) is 0. The Hall–Kier alpha value is -0.280. The SMILES string of the molecule is CC(OCCO)N(C(C)OCCO)C(C)OCCO. The van der Waals surface area contributed by atoms with Crippen molar-refractivity contribution in [2.24, 2.45) is 0 Å². The monoisotopic (exact) mass is 281 g/mol. The Morgan fingerprint density at radius 2 is 0.947 bits per heavy atom. The Bertz CT molecular complexity index is 173. The molecule has 3 N–H and O–H groups in total. The molecule has 0 aromatic rings. The lowest BCUT2D eigenvalue weighted by Crippen LogP contribution is -2.50. The van der Waals surface area contributed by atoms with Crippen molar-refractivity contribution in [1.29, 1.82) is 0 Å². The molecule has 0 aliphatic heterocycles. The molecule has 0 radical (unpaired) electrons. The Labute approximate surface area is 114 Å². The molecule has 0 bridgehead atoms. The van der Waals surface area contributed by atoms with Gasteiger partial charge in [-0.05, 0) is 20.8 Å². The third kappa shape index (κ3) is 7.78. The van der Waals surface area contributed by atoms with Gasteiger partial charge in [0, 0.05) is 0 Å². The second-order valence-corrected chi connectivity index (χ2v) is 4.03. The first kappa shape index (κ1) is 18.7.